The van der Waals surface area contributed by atoms with Gasteiger partial charge in [-0.25, -0.2) is 9.97 Å². The summed E-state index contributed by atoms with van der Waals surface area (Å²) in [4.78, 5) is 22.7. The molecule has 9 nitrogen and oxygen atoms in total. The predicted molar refractivity (Wildman–Crippen MR) is 104 cm³/mol. The lowest BCUT2D eigenvalue weighted by molar-refractivity contribution is -0.0795. The van der Waals surface area contributed by atoms with Crippen molar-refractivity contribution in [1.82, 2.24) is 19.5 Å². The molecular formula is C18H28N4O5Si. The SMILES string of the molecule is CC(C)(C)[Si]1(C(C)(C)C)OC[C@H]2O[C@@H](n3cnc4c(=O)[nH]cnc43)[C@H](O)[C@@H]2O1. The van der Waals surface area contributed by atoms with Crippen LogP contribution < -0.4 is 5.56 Å². The van der Waals surface area contributed by atoms with Crippen molar-refractivity contribution >= 4 is 19.7 Å². The van der Waals surface area contributed by atoms with Gasteiger partial charge in [0.05, 0.1) is 19.3 Å². The Morgan fingerprint density at radius 3 is 2.54 bits per heavy atom. The number of fused-ring (bicyclic) bond motifs is 2. The second kappa shape index (κ2) is 6.20. The Balaban J connectivity index is 1.70. The lowest BCUT2D eigenvalue weighted by Gasteiger charge is -2.53. The monoisotopic (exact) mass is 408 g/mol. The summed E-state index contributed by atoms with van der Waals surface area (Å²) in [5.74, 6) is 0. The second-order valence-corrected chi connectivity index (χ2v) is 14.4. The van der Waals surface area contributed by atoms with E-state index in [1.54, 1.807) is 4.57 Å². The molecule has 0 bridgehead atoms. The van der Waals surface area contributed by atoms with Crippen molar-refractivity contribution in [3.05, 3.63) is 23.0 Å². The molecule has 0 amide bonds. The van der Waals surface area contributed by atoms with Gasteiger partial charge < -0.3 is 23.7 Å². The number of hydrogen-bond acceptors (Lipinski definition) is 7. The minimum Gasteiger partial charge on any atom is -0.391 e. The lowest BCUT2D eigenvalue weighted by Crippen LogP contribution is -2.65. The maximum absolute atomic E-state index is 11.9. The van der Waals surface area contributed by atoms with E-state index in [0.717, 1.165) is 0 Å². The highest BCUT2D eigenvalue weighted by Crippen LogP contribution is 2.55. The lowest BCUT2D eigenvalue weighted by atomic mass is 10.1. The normalized spacial score (nSPS) is 30.5. The molecule has 28 heavy (non-hydrogen) atoms. The van der Waals surface area contributed by atoms with Crippen molar-refractivity contribution in [2.45, 2.75) is 76.2 Å². The zero-order valence-electron chi connectivity index (χ0n) is 17.1. The molecule has 4 heterocycles. The van der Waals surface area contributed by atoms with Crippen molar-refractivity contribution < 1.29 is 18.7 Å². The maximum Gasteiger partial charge on any atom is 0.349 e. The highest BCUT2D eigenvalue weighted by atomic mass is 28.4. The van der Waals surface area contributed by atoms with Gasteiger partial charge in [-0.2, -0.15) is 0 Å². The smallest absolute Gasteiger partial charge is 0.349 e. The van der Waals surface area contributed by atoms with Gasteiger partial charge in [0.1, 0.15) is 18.3 Å². The first-order valence-corrected chi connectivity index (χ1v) is 11.3. The third-order valence-electron chi connectivity index (χ3n) is 5.68. The molecule has 2 aromatic rings. The number of aromatic nitrogens is 4. The number of nitrogens with zero attached hydrogens (tertiary/aromatic N) is 3. The van der Waals surface area contributed by atoms with E-state index >= 15 is 0 Å². The predicted octanol–water partition coefficient (Wildman–Crippen LogP) is 1.84. The van der Waals surface area contributed by atoms with Crippen LogP contribution in [0.15, 0.2) is 17.4 Å². The van der Waals surface area contributed by atoms with E-state index in [9.17, 15) is 9.90 Å². The van der Waals surface area contributed by atoms with Crippen molar-refractivity contribution in [2.75, 3.05) is 6.61 Å². The first-order chi connectivity index (χ1) is 13.0. The Kier molecular flexibility index (Phi) is 4.36. The molecule has 2 aromatic heterocycles. The molecule has 2 aliphatic heterocycles. The second-order valence-electron chi connectivity index (χ2n) is 9.62. The topological polar surface area (TPSA) is 111 Å². The number of aliphatic hydroxyl groups excluding tert-OH is 1. The first kappa shape index (κ1) is 19.7. The zero-order chi connectivity index (χ0) is 20.5. The summed E-state index contributed by atoms with van der Waals surface area (Å²) >= 11 is 0. The number of ether oxygens (including phenoxy) is 1. The molecule has 2 aliphatic rings. The molecule has 4 rings (SSSR count). The van der Waals surface area contributed by atoms with Crippen molar-refractivity contribution in [3.8, 4) is 0 Å². The Labute approximate surface area is 164 Å². The van der Waals surface area contributed by atoms with Gasteiger partial charge in [0.15, 0.2) is 17.4 Å². The molecule has 0 aliphatic carbocycles. The number of H-pyrrole nitrogens is 1. The molecule has 2 N–H and O–H groups in total. The van der Waals surface area contributed by atoms with Crippen LogP contribution in [-0.2, 0) is 13.6 Å². The Morgan fingerprint density at radius 2 is 1.89 bits per heavy atom. The van der Waals surface area contributed by atoms with Gasteiger partial charge in [-0.05, 0) is 0 Å². The number of hydrogen-bond donors (Lipinski definition) is 2. The van der Waals surface area contributed by atoms with Crippen LogP contribution >= 0.6 is 0 Å². The summed E-state index contributed by atoms with van der Waals surface area (Å²) in [7, 11) is -2.73. The van der Waals surface area contributed by atoms with Gasteiger partial charge in [0.2, 0.25) is 0 Å². The number of aliphatic hydroxyl groups is 1. The van der Waals surface area contributed by atoms with E-state index in [4.69, 9.17) is 13.6 Å². The molecule has 2 fully saturated rings. The van der Waals surface area contributed by atoms with E-state index in [-0.39, 0.29) is 21.2 Å². The molecule has 0 aromatic carbocycles. The van der Waals surface area contributed by atoms with Crippen LogP contribution in [0.2, 0.25) is 10.1 Å². The summed E-state index contributed by atoms with van der Waals surface area (Å²) < 4.78 is 20.7. The van der Waals surface area contributed by atoms with Crippen molar-refractivity contribution in [2.24, 2.45) is 0 Å². The average molecular weight is 409 g/mol. The Morgan fingerprint density at radius 1 is 1.21 bits per heavy atom. The zero-order valence-corrected chi connectivity index (χ0v) is 18.1. The van der Waals surface area contributed by atoms with E-state index in [1.807, 2.05) is 0 Å². The van der Waals surface area contributed by atoms with Crippen LogP contribution in [0.1, 0.15) is 47.8 Å². The maximum atomic E-state index is 11.9. The standard InChI is InChI=1S/C18H28N4O5Si/c1-17(2,3)28(18(4,5)6)25-7-10-13(27-28)12(23)16(26-10)22-9-21-11-14(22)19-8-20-15(11)24/h8-10,12-13,16,23H,7H2,1-6H3,(H,19,20,24)/t10-,12-,13-,16-/m1/s1. The van der Waals surface area contributed by atoms with Crippen LogP contribution in [0, 0.1) is 0 Å². The number of rotatable bonds is 1. The van der Waals surface area contributed by atoms with Crippen LogP contribution in [0.25, 0.3) is 11.2 Å². The van der Waals surface area contributed by atoms with Crippen LogP contribution in [0.3, 0.4) is 0 Å². The summed E-state index contributed by atoms with van der Waals surface area (Å²) in [6, 6.07) is 0. The first-order valence-electron chi connectivity index (χ1n) is 9.52. The average Bonchev–Trinajstić information content (AvgIpc) is 3.15. The number of imidazole rings is 1. The largest absolute Gasteiger partial charge is 0.391 e. The molecule has 154 valence electrons. The van der Waals surface area contributed by atoms with Gasteiger partial charge in [-0.3, -0.25) is 9.36 Å². The van der Waals surface area contributed by atoms with E-state index in [2.05, 4.69) is 56.5 Å². The minimum atomic E-state index is -2.73. The molecule has 0 unspecified atom stereocenters. The quantitative estimate of drug-likeness (QED) is 0.693. The van der Waals surface area contributed by atoms with Crippen molar-refractivity contribution in [3.63, 3.8) is 0 Å². The molecule has 0 spiro atoms. The van der Waals surface area contributed by atoms with Gasteiger partial charge in [0.25, 0.3) is 5.56 Å². The Bertz CT molecular complexity index is 930. The van der Waals surface area contributed by atoms with E-state index in [0.29, 0.717) is 12.3 Å². The summed E-state index contributed by atoms with van der Waals surface area (Å²) in [5, 5.41) is 10.7. The third kappa shape index (κ3) is 2.70. The van der Waals surface area contributed by atoms with Gasteiger partial charge in [0, 0.05) is 10.1 Å². The third-order valence-corrected chi connectivity index (χ3v) is 10.8. The minimum absolute atomic E-state index is 0.190. The summed E-state index contributed by atoms with van der Waals surface area (Å²) in [5.41, 5.74) is 0.237. The number of nitrogens with one attached hydrogen (secondary N) is 1. The summed E-state index contributed by atoms with van der Waals surface area (Å²) in [6.45, 7) is 13.1. The van der Waals surface area contributed by atoms with Gasteiger partial charge in [-0.1, -0.05) is 41.5 Å². The van der Waals surface area contributed by atoms with Crippen LogP contribution in [-0.4, -0.2) is 58.1 Å². The molecule has 10 heteroatoms. The molecule has 4 atom stereocenters. The fourth-order valence-electron chi connectivity index (χ4n) is 4.62. The highest BCUT2D eigenvalue weighted by Gasteiger charge is 2.65. The Hall–Kier alpha value is -1.59. The fourth-order valence-corrected chi connectivity index (χ4v) is 9.58. The van der Waals surface area contributed by atoms with Gasteiger partial charge >= 0.3 is 8.56 Å². The van der Waals surface area contributed by atoms with E-state index in [1.165, 1.54) is 12.7 Å². The van der Waals surface area contributed by atoms with Gasteiger partial charge in [-0.15, -0.1) is 0 Å². The molecule has 0 radical (unpaired) electrons. The number of aromatic amines is 1. The summed E-state index contributed by atoms with van der Waals surface area (Å²) in [6.07, 6.45) is 0.199. The molecule has 0 saturated carbocycles. The van der Waals surface area contributed by atoms with Crippen molar-refractivity contribution in [1.29, 1.82) is 0 Å². The molecule has 2 saturated heterocycles. The van der Waals surface area contributed by atoms with E-state index < -0.39 is 33.1 Å². The molecular weight excluding hydrogens is 380 g/mol. The highest BCUT2D eigenvalue weighted by molar-refractivity contribution is 6.73. The van der Waals surface area contributed by atoms with Crippen LogP contribution in [0.4, 0.5) is 0 Å². The van der Waals surface area contributed by atoms with Crippen LogP contribution in [0.5, 0.6) is 0 Å². The fraction of sp³-hybridized carbons (Fsp3) is 0.722.